The maximum atomic E-state index is 12.8. The smallest absolute Gasteiger partial charge is 0.306 e. The van der Waals surface area contributed by atoms with Gasteiger partial charge in [-0.15, -0.1) is 0 Å². The lowest BCUT2D eigenvalue weighted by Crippen LogP contribution is -2.30. The van der Waals surface area contributed by atoms with E-state index in [1.807, 2.05) is 6.08 Å². The molecule has 0 spiro atoms. The Labute approximate surface area is 386 Å². The van der Waals surface area contributed by atoms with Crippen molar-refractivity contribution in [3.63, 3.8) is 0 Å². The van der Waals surface area contributed by atoms with Gasteiger partial charge in [-0.05, 0) is 103 Å². The van der Waals surface area contributed by atoms with Gasteiger partial charge in [0.05, 0.1) is 0 Å². The Morgan fingerprint density at radius 2 is 0.714 bits per heavy atom. The van der Waals surface area contributed by atoms with Gasteiger partial charge >= 0.3 is 17.9 Å². The highest BCUT2D eigenvalue weighted by molar-refractivity contribution is 5.71. The normalized spacial score (nSPS) is 13.1. The third kappa shape index (κ3) is 48.7. The molecule has 0 aliphatic rings. The maximum Gasteiger partial charge on any atom is 0.306 e. The second-order valence-electron chi connectivity index (χ2n) is 16.0. The first-order chi connectivity index (χ1) is 31.0. The lowest BCUT2D eigenvalue weighted by Gasteiger charge is -2.18. The van der Waals surface area contributed by atoms with Crippen LogP contribution in [-0.2, 0) is 28.6 Å². The Hall–Kier alpha value is -4.19. The first-order valence-corrected chi connectivity index (χ1v) is 25.1. The van der Waals surface area contributed by atoms with Crippen LogP contribution in [0.1, 0.15) is 201 Å². The topological polar surface area (TPSA) is 78.9 Å². The van der Waals surface area contributed by atoms with Crippen molar-refractivity contribution < 1.29 is 28.6 Å². The van der Waals surface area contributed by atoms with Gasteiger partial charge in [0, 0.05) is 19.3 Å². The summed E-state index contributed by atoms with van der Waals surface area (Å²) in [6.07, 6.45) is 69.0. The number of hydrogen-bond acceptors (Lipinski definition) is 6. The van der Waals surface area contributed by atoms with Gasteiger partial charge in [0.1, 0.15) is 13.2 Å². The summed E-state index contributed by atoms with van der Waals surface area (Å²) in [5.74, 6) is -1.02. The van der Waals surface area contributed by atoms with Gasteiger partial charge in [-0.2, -0.15) is 0 Å². The van der Waals surface area contributed by atoms with E-state index in [0.29, 0.717) is 19.3 Å². The standard InChI is InChI=1S/C57H90O6/c1-4-7-10-13-16-19-22-25-27-28-30-32-35-38-41-44-47-50-56(59)62-53-54(52-61-55(58)49-46-43-40-37-34-31-24-21-18-15-12-9-6-3)63-57(60)51-48-45-42-39-36-33-29-26-23-20-17-14-11-8-5-2/h7,9-10,12,15-21,23-27,30,32,38,41,54H,4-6,8,11,13-14,22,28-29,31,33-37,39-40,42-53H2,1-3H3/b10-7-,12-9-,18-15-,19-16-,20-17-,24-21-,26-23-,27-25-,32-30-,41-38-. The molecule has 0 saturated heterocycles. The minimum absolute atomic E-state index is 0.115. The first kappa shape index (κ1) is 58.8. The van der Waals surface area contributed by atoms with E-state index in [9.17, 15) is 14.4 Å². The number of unbranched alkanes of at least 4 members (excludes halogenated alkanes) is 15. The van der Waals surface area contributed by atoms with E-state index in [4.69, 9.17) is 14.2 Å². The number of carbonyl (C=O) groups is 3. The second kappa shape index (κ2) is 50.5. The van der Waals surface area contributed by atoms with Crippen LogP contribution >= 0.6 is 0 Å². The SMILES string of the molecule is CC\C=C/C=C\C=C/CCCCCCCC(=O)OCC(COC(=O)CCC/C=C\C/C=C\C/C=C\C/C=C\C/C=C\CC)OC(=O)CCCCCCCC/C=C\C=C/CCCCC. The van der Waals surface area contributed by atoms with E-state index in [-0.39, 0.29) is 37.5 Å². The van der Waals surface area contributed by atoms with Gasteiger partial charge in [0.25, 0.3) is 0 Å². The molecule has 0 saturated carbocycles. The van der Waals surface area contributed by atoms with Crippen molar-refractivity contribution in [2.45, 2.75) is 207 Å². The predicted molar refractivity (Wildman–Crippen MR) is 269 cm³/mol. The lowest BCUT2D eigenvalue weighted by molar-refractivity contribution is -0.167. The Kier molecular flexibility index (Phi) is 47.1. The molecule has 63 heavy (non-hydrogen) atoms. The van der Waals surface area contributed by atoms with Crippen molar-refractivity contribution in [2.75, 3.05) is 13.2 Å². The van der Waals surface area contributed by atoms with Crippen LogP contribution in [0.2, 0.25) is 0 Å². The van der Waals surface area contributed by atoms with Crippen LogP contribution < -0.4 is 0 Å². The molecule has 354 valence electrons. The zero-order valence-corrected chi connectivity index (χ0v) is 40.3. The number of rotatable bonds is 43. The van der Waals surface area contributed by atoms with Crippen molar-refractivity contribution in [1.29, 1.82) is 0 Å². The van der Waals surface area contributed by atoms with Crippen molar-refractivity contribution in [2.24, 2.45) is 0 Å². The lowest BCUT2D eigenvalue weighted by atomic mass is 10.1. The fraction of sp³-hybridized carbons (Fsp3) is 0.596. The fourth-order valence-corrected chi connectivity index (χ4v) is 6.29. The molecule has 0 heterocycles. The average Bonchev–Trinajstić information content (AvgIpc) is 3.28. The first-order valence-electron chi connectivity index (χ1n) is 25.1. The Balaban J connectivity index is 4.55. The summed E-state index contributed by atoms with van der Waals surface area (Å²) in [5.41, 5.74) is 0. The van der Waals surface area contributed by atoms with Gasteiger partial charge in [-0.1, -0.05) is 200 Å². The molecule has 1 unspecified atom stereocenters. The molecule has 0 fully saturated rings. The van der Waals surface area contributed by atoms with E-state index >= 15 is 0 Å². The summed E-state index contributed by atoms with van der Waals surface area (Å²) in [5, 5.41) is 0. The summed E-state index contributed by atoms with van der Waals surface area (Å²) in [6, 6.07) is 0. The Morgan fingerprint density at radius 1 is 0.349 bits per heavy atom. The van der Waals surface area contributed by atoms with Gasteiger partial charge < -0.3 is 14.2 Å². The van der Waals surface area contributed by atoms with Gasteiger partial charge in [-0.25, -0.2) is 0 Å². The number of carbonyl (C=O) groups excluding carboxylic acids is 3. The third-order valence-corrected chi connectivity index (χ3v) is 10.0. The summed E-state index contributed by atoms with van der Waals surface area (Å²) in [4.78, 5) is 37.9. The van der Waals surface area contributed by atoms with Crippen LogP contribution in [0.25, 0.3) is 0 Å². The van der Waals surface area contributed by atoms with Crippen LogP contribution in [0.4, 0.5) is 0 Å². The minimum atomic E-state index is -0.818. The van der Waals surface area contributed by atoms with Gasteiger partial charge in [0.2, 0.25) is 0 Å². The molecule has 6 heteroatoms. The highest BCUT2D eigenvalue weighted by Gasteiger charge is 2.19. The average molecular weight is 871 g/mol. The minimum Gasteiger partial charge on any atom is -0.462 e. The van der Waals surface area contributed by atoms with Crippen molar-refractivity contribution in [1.82, 2.24) is 0 Å². The number of esters is 3. The zero-order valence-electron chi connectivity index (χ0n) is 40.3. The molecule has 0 aliphatic heterocycles. The van der Waals surface area contributed by atoms with E-state index in [1.165, 1.54) is 32.1 Å². The largest absolute Gasteiger partial charge is 0.462 e. The molecule has 0 aromatic carbocycles. The summed E-state index contributed by atoms with van der Waals surface area (Å²) >= 11 is 0. The molecule has 0 radical (unpaired) electrons. The summed E-state index contributed by atoms with van der Waals surface area (Å²) in [6.45, 7) is 6.26. The van der Waals surface area contributed by atoms with Crippen LogP contribution in [0.15, 0.2) is 122 Å². The molecule has 0 rings (SSSR count). The molecular formula is C57H90O6. The second-order valence-corrected chi connectivity index (χ2v) is 16.0. The van der Waals surface area contributed by atoms with E-state index in [2.05, 4.69) is 136 Å². The number of ether oxygens (including phenoxy) is 3. The molecule has 0 aliphatic carbocycles. The molecule has 0 aromatic rings. The molecule has 6 nitrogen and oxygen atoms in total. The monoisotopic (exact) mass is 871 g/mol. The molecule has 0 amide bonds. The summed E-state index contributed by atoms with van der Waals surface area (Å²) < 4.78 is 16.7. The fourth-order valence-electron chi connectivity index (χ4n) is 6.29. The number of hydrogen-bond donors (Lipinski definition) is 0. The zero-order chi connectivity index (χ0) is 45.8. The van der Waals surface area contributed by atoms with Crippen LogP contribution in [0, 0.1) is 0 Å². The Bertz CT molecular complexity index is 1370. The van der Waals surface area contributed by atoms with E-state index in [0.717, 1.165) is 122 Å². The Morgan fingerprint density at radius 3 is 1.21 bits per heavy atom. The van der Waals surface area contributed by atoms with E-state index in [1.54, 1.807) is 0 Å². The third-order valence-electron chi connectivity index (χ3n) is 10.0. The van der Waals surface area contributed by atoms with E-state index < -0.39 is 6.10 Å². The molecular weight excluding hydrogens is 781 g/mol. The molecule has 0 N–H and O–H groups in total. The number of allylic oxidation sites excluding steroid dienone is 20. The highest BCUT2D eigenvalue weighted by atomic mass is 16.6. The summed E-state index contributed by atoms with van der Waals surface area (Å²) in [7, 11) is 0. The van der Waals surface area contributed by atoms with Crippen LogP contribution in [0.5, 0.6) is 0 Å². The molecule has 0 aromatic heterocycles. The van der Waals surface area contributed by atoms with Crippen molar-refractivity contribution in [3.8, 4) is 0 Å². The molecule has 0 bridgehead atoms. The quantitative estimate of drug-likeness (QED) is 0.0200. The van der Waals surface area contributed by atoms with Crippen LogP contribution in [0.3, 0.4) is 0 Å². The predicted octanol–water partition coefficient (Wildman–Crippen LogP) is 16.5. The van der Waals surface area contributed by atoms with Crippen molar-refractivity contribution in [3.05, 3.63) is 122 Å². The van der Waals surface area contributed by atoms with Gasteiger partial charge in [0.15, 0.2) is 6.10 Å². The van der Waals surface area contributed by atoms with Gasteiger partial charge in [-0.3, -0.25) is 14.4 Å². The maximum absolute atomic E-state index is 12.8. The van der Waals surface area contributed by atoms with Crippen molar-refractivity contribution >= 4 is 17.9 Å². The highest BCUT2D eigenvalue weighted by Crippen LogP contribution is 2.12. The van der Waals surface area contributed by atoms with Crippen LogP contribution in [-0.4, -0.2) is 37.2 Å². The molecule has 1 atom stereocenters.